The van der Waals surface area contributed by atoms with Crippen LogP contribution in [0.4, 0.5) is 16.2 Å². The summed E-state index contributed by atoms with van der Waals surface area (Å²) in [6.45, 7) is 0. The van der Waals surface area contributed by atoms with Crippen molar-refractivity contribution in [2.24, 2.45) is 0 Å². The second-order valence-electron chi connectivity index (χ2n) is 4.31. The zero-order valence-electron chi connectivity index (χ0n) is 11.8. The predicted octanol–water partition coefficient (Wildman–Crippen LogP) is 2.99. The fourth-order valence-electron chi connectivity index (χ4n) is 1.78. The number of carbonyl (C=O) groups excluding carboxylic acids is 2. The number of urea groups is 1. The van der Waals surface area contributed by atoms with Gasteiger partial charge in [0.15, 0.2) is 0 Å². The predicted molar refractivity (Wildman–Crippen MR) is 81.6 cm³/mol. The van der Waals surface area contributed by atoms with E-state index < -0.39 is 12.0 Å². The maximum atomic E-state index is 11.9. The number of hydrogen-bond acceptors (Lipinski definition) is 4. The molecule has 0 bridgehead atoms. The molecule has 0 aliphatic carbocycles. The Labute approximate surface area is 127 Å². The molecule has 0 aliphatic heterocycles. The molecule has 110 valence electrons. The van der Waals surface area contributed by atoms with E-state index in [2.05, 4.69) is 15.4 Å². The summed E-state index contributed by atoms with van der Waals surface area (Å²) < 4.78 is 4.59. The number of amides is 2. The molecular weight excluding hydrogens is 282 g/mol. The molecule has 0 saturated carbocycles. The van der Waals surface area contributed by atoms with Gasteiger partial charge in [0.05, 0.1) is 23.9 Å². The highest BCUT2D eigenvalue weighted by Crippen LogP contribution is 2.15. The van der Waals surface area contributed by atoms with E-state index in [0.29, 0.717) is 22.5 Å². The number of carbonyl (C=O) groups is 2. The maximum Gasteiger partial charge on any atom is 0.337 e. The van der Waals surface area contributed by atoms with Gasteiger partial charge in [-0.3, -0.25) is 0 Å². The van der Waals surface area contributed by atoms with Crippen molar-refractivity contribution in [2.75, 3.05) is 17.7 Å². The molecule has 0 radical (unpaired) electrons. The first kappa shape index (κ1) is 15.1. The number of nitriles is 1. The van der Waals surface area contributed by atoms with Gasteiger partial charge >= 0.3 is 12.0 Å². The summed E-state index contributed by atoms with van der Waals surface area (Å²) in [7, 11) is 1.30. The molecule has 2 N–H and O–H groups in total. The molecule has 0 saturated heterocycles. The molecule has 2 rings (SSSR count). The minimum absolute atomic E-state index is 0.374. The first-order valence-electron chi connectivity index (χ1n) is 6.39. The molecule has 2 amide bonds. The van der Waals surface area contributed by atoms with Crippen LogP contribution < -0.4 is 10.6 Å². The zero-order chi connectivity index (χ0) is 15.9. The van der Waals surface area contributed by atoms with E-state index in [1.807, 2.05) is 6.07 Å². The minimum Gasteiger partial charge on any atom is -0.465 e. The third-order valence-corrected chi connectivity index (χ3v) is 2.86. The molecule has 0 aromatic heterocycles. The molecule has 0 aliphatic rings. The summed E-state index contributed by atoms with van der Waals surface area (Å²) >= 11 is 0. The lowest BCUT2D eigenvalue weighted by atomic mass is 10.2. The summed E-state index contributed by atoms with van der Waals surface area (Å²) in [6, 6.07) is 14.5. The van der Waals surface area contributed by atoms with E-state index in [0.717, 1.165) is 0 Å². The molecule has 0 fully saturated rings. The van der Waals surface area contributed by atoms with Crippen molar-refractivity contribution in [2.45, 2.75) is 0 Å². The van der Waals surface area contributed by atoms with Crippen LogP contribution in [-0.2, 0) is 4.74 Å². The zero-order valence-corrected chi connectivity index (χ0v) is 11.8. The van der Waals surface area contributed by atoms with Gasteiger partial charge in [-0.05, 0) is 36.4 Å². The number of nitrogens with zero attached hydrogens (tertiary/aromatic N) is 1. The molecule has 0 heterocycles. The van der Waals surface area contributed by atoms with Crippen molar-refractivity contribution < 1.29 is 14.3 Å². The number of ether oxygens (including phenoxy) is 1. The lowest BCUT2D eigenvalue weighted by Gasteiger charge is -2.09. The van der Waals surface area contributed by atoms with E-state index in [-0.39, 0.29) is 0 Å². The van der Waals surface area contributed by atoms with Crippen molar-refractivity contribution in [3.05, 3.63) is 59.7 Å². The Kier molecular flexibility index (Phi) is 4.73. The Morgan fingerprint density at radius 1 is 1.05 bits per heavy atom. The number of esters is 1. The van der Waals surface area contributed by atoms with Gasteiger partial charge in [0.2, 0.25) is 0 Å². The highest BCUT2D eigenvalue weighted by Gasteiger charge is 2.08. The van der Waals surface area contributed by atoms with E-state index >= 15 is 0 Å². The number of benzene rings is 2. The second kappa shape index (κ2) is 6.90. The fraction of sp³-hybridized carbons (Fsp3) is 0.0625. The Hall–Kier alpha value is -3.33. The number of nitrogens with one attached hydrogen (secondary N) is 2. The van der Waals surface area contributed by atoms with Crippen LogP contribution in [0.3, 0.4) is 0 Å². The first-order valence-corrected chi connectivity index (χ1v) is 6.39. The number of para-hydroxylation sites is 1. The van der Waals surface area contributed by atoms with Gasteiger partial charge in [0, 0.05) is 5.69 Å². The van der Waals surface area contributed by atoms with Crippen LogP contribution in [0.25, 0.3) is 0 Å². The average molecular weight is 295 g/mol. The average Bonchev–Trinajstić information content (AvgIpc) is 2.55. The molecule has 0 atom stereocenters. The summed E-state index contributed by atoms with van der Waals surface area (Å²) in [5.41, 5.74) is 1.70. The van der Waals surface area contributed by atoms with Crippen molar-refractivity contribution >= 4 is 23.4 Å². The van der Waals surface area contributed by atoms with Gasteiger partial charge in [0.25, 0.3) is 0 Å². The highest BCUT2D eigenvalue weighted by atomic mass is 16.5. The Bertz CT molecular complexity index is 733. The van der Waals surface area contributed by atoms with Gasteiger partial charge < -0.3 is 15.4 Å². The normalized spacial score (nSPS) is 9.45. The van der Waals surface area contributed by atoms with Gasteiger partial charge in [0.1, 0.15) is 6.07 Å². The third kappa shape index (κ3) is 3.61. The summed E-state index contributed by atoms with van der Waals surface area (Å²) in [6.07, 6.45) is 0. The van der Waals surface area contributed by atoms with Crippen LogP contribution in [0.5, 0.6) is 0 Å². The van der Waals surface area contributed by atoms with Crippen LogP contribution in [-0.4, -0.2) is 19.1 Å². The number of hydrogen-bond donors (Lipinski definition) is 2. The monoisotopic (exact) mass is 295 g/mol. The van der Waals surface area contributed by atoms with Crippen LogP contribution in [0.1, 0.15) is 15.9 Å². The molecule has 0 spiro atoms. The van der Waals surface area contributed by atoms with Crippen molar-refractivity contribution in [1.29, 1.82) is 5.26 Å². The first-order chi connectivity index (χ1) is 10.6. The standard InChI is InChI=1S/C16H13N3O3/c1-22-15(20)11-6-8-13(9-7-11)18-16(21)19-14-5-3-2-4-12(14)10-17/h2-9H,1H3,(H2,18,19,21). The molecule has 2 aromatic carbocycles. The molecular formula is C16H13N3O3. The molecule has 0 unspecified atom stereocenters. The van der Waals surface area contributed by atoms with Crippen molar-refractivity contribution in [3.8, 4) is 6.07 Å². The van der Waals surface area contributed by atoms with Gasteiger partial charge in [-0.25, -0.2) is 9.59 Å². The smallest absolute Gasteiger partial charge is 0.337 e. The van der Waals surface area contributed by atoms with Gasteiger partial charge in [-0.15, -0.1) is 0 Å². The largest absolute Gasteiger partial charge is 0.465 e. The van der Waals surface area contributed by atoms with E-state index in [4.69, 9.17) is 5.26 Å². The maximum absolute atomic E-state index is 11.9. The second-order valence-corrected chi connectivity index (χ2v) is 4.31. The Balaban J connectivity index is 2.03. The number of methoxy groups -OCH3 is 1. The van der Waals surface area contributed by atoms with E-state index in [1.54, 1.807) is 48.5 Å². The Morgan fingerprint density at radius 2 is 1.73 bits per heavy atom. The number of anilines is 2. The molecule has 2 aromatic rings. The molecule has 6 heteroatoms. The van der Waals surface area contributed by atoms with E-state index in [9.17, 15) is 9.59 Å². The van der Waals surface area contributed by atoms with Gasteiger partial charge in [-0.2, -0.15) is 5.26 Å². The van der Waals surface area contributed by atoms with E-state index in [1.165, 1.54) is 7.11 Å². The summed E-state index contributed by atoms with van der Waals surface area (Å²) in [4.78, 5) is 23.2. The number of rotatable bonds is 3. The Morgan fingerprint density at radius 3 is 2.36 bits per heavy atom. The van der Waals surface area contributed by atoms with Crippen LogP contribution in [0, 0.1) is 11.3 Å². The summed E-state index contributed by atoms with van der Waals surface area (Å²) in [5, 5.41) is 14.2. The lowest BCUT2D eigenvalue weighted by Crippen LogP contribution is -2.20. The van der Waals surface area contributed by atoms with Crippen LogP contribution in [0.2, 0.25) is 0 Å². The fourth-order valence-corrected chi connectivity index (χ4v) is 1.78. The topological polar surface area (TPSA) is 91.2 Å². The van der Waals surface area contributed by atoms with Crippen molar-refractivity contribution in [3.63, 3.8) is 0 Å². The lowest BCUT2D eigenvalue weighted by molar-refractivity contribution is 0.0601. The quantitative estimate of drug-likeness (QED) is 0.851. The SMILES string of the molecule is COC(=O)c1ccc(NC(=O)Nc2ccccc2C#N)cc1. The van der Waals surface area contributed by atoms with Crippen LogP contribution in [0.15, 0.2) is 48.5 Å². The molecule has 6 nitrogen and oxygen atoms in total. The minimum atomic E-state index is -0.478. The summed E-state index contributed by atoms with van der Waals surface area (Å²) in [5.74, 6) is -0.445. The van der Waals surface area contributed by atoms with Gasteiger partial charge in [-0.1, -0.05) is 12.1 Å². The molecule has 22 heavy (non-hydrogen) atoms. The highest BCUT2D eigenvalue weighted by molar-refractivity contribution is 6.00. The van der Waals surface area contributed by atoms with Crippen molar-refractivity contribution in [1.82, 2.24) is 0 Å². The third-order valence-electron chi connectivity index (χ3n) is 2.86. The van der Waals surface area contributed by atoms with Crippen LogP contribution >= 0.6 is 0 Å².